The SMILES string of the molecule is CCS(=O)(=O)N(C)CC1CC(Oc2cccc(Cl)c2CN2CCCC2)C1. The van der Waals surface area contributed by atoms with Crippen LogP contribution in [0.5, 0.6) is 5.75 Å². The maximum absolute atomic E-state index is 11.9. The minimum Gasteiger partial charge on any atom is -0.490 e. The third kappa shape index (κ3) is 4.71. The number of halogens is 1. The summed E-state index contributed by atoms with van der Waals surface area (Å²) in [6.45, 7) is 5.33. The van der Waals surface area contributed by atoms with E-state index in [0.29, 0.717) is 12.5 Å². The van der Waals surface area contributed by atoms with Gasteiger partial charge in [-0.05, 0) is 63.7 Å². The molecule has 0 amide bonds. The number of nitrogens with zero attached hydrogens (tertiary/aromatic N) is 2. The lowest BCUT2D eigenvalue weighted by molar-refractivity contribution is 0.0562. The molecule has 0 N–H and O–H groups in total. The molecule has 0 aromatic heterocycles. The van der Waals surface area contributed by atoms with Crippen LogP contribution in [0.3, 0.4) is 0 Å². The number of hydrogen-bond acceptors (Lipinski definition) is 4. The van der Waals surface area contributed by atoms with Gasteiger partial charge in [0.25, 0.3) is 0 Å². The second kappa shape index (κ2) is 8.46. The van der Waals surface area contributed by atoms with Gasteiger partial charge < -0.3 is 4.74 Å². The van der Waals surface area contributed by atoms with E-state index in [1.54, 1.807) is 14.0 Å². The third-order valence-electron chi connectivity index (χ3n) is 5.50. The molecule has 1 aliphatic heterocycles. The Morgan fingerprint density at radius 1 is 1.27 bits per heavy atom. The summed E-state index contributed by atoms with van der Waals surface area (Å²) in [6, 6.07) is 5.86. The first-order valence-corrected chi connectivity index (χ1v) is 11.5. The molecule has 26 heavy (non-hydrogen) atoms. The van der Waals surface area contributed by atoms with Gasteiger partial charge in [0, 0.05) is 30.7 Å². The van der Waals surface area contributed by atoms with Gasteiger partial charge in [-0.25, -0.2) is 12.7 Å². The number of ether oxygens (including phenoxy) is 1. The summed E-state index contributed by atoms with van der Waals surface area (Å²) in [7, 11) is -1.44. The number of rotatable bonds is 8. The summed E-state index contributed by atoms with van der Waals surface area (Å²) in [4.78, 5) is 2.42. The smallest absolute Gasteiger partial charge is 0.213 e. The second-order valence-electron chi connectivity index (χ2n) is 7.46. The highest BCUT2D eigenvalue weighted by atomic mass is 35.5. The van der Waals surface area contributed by atoms with Gasteiger partial charge in [-0.1, -0.05) is 17.7 Å². The predicted octanol–water partition coefficient (Wildman–Crippen LogP) is 3.37. The van der Waals surface area contributed by atoms with Crippen molar-refractivity contribution in [2.24, 2.45) is 5.92 Å². The maximum Gasteiger partial charge on any atom is 0.213 e. The first-order chi connectivity index (χ1) is 12.4. The summed E-state index contributed by atoms with van der Waals surface area (Å²) in [5.74, 6) is 1.40. The highest BCUT2D eigenvalue weighted by molar-refractivity contribution is 7.89. The molecule has 1 aliphatic carbocycles. The minimum atomic E-state index is -3.10. The average molecular weight is 401 g/mol. The molecule has 7 heteroatoms. The van der Waals surface area contributed by atoms with E-state index in [1.165, 1.54) is 17.1 Å². The fraction of sp³-hybridized carbons (Fsp3) is 0.684. The summed E-state index contributed by atoms with van der Waals surface area (Å²) < 4.78 is 31.4. The monoisotopic (exact) mass is 400 g/mol. The van der Waals surface area contributed by atoms with Crippen LogP contribution in [-0.4, -0.2) is 56.2 Å². The van der Waals surface area contributed by atoms with Crippen molar-refractivity contribution < 1.29 is 13.2 Å². The molecule has 0 radical (unpaired) electrons. The number of benzene rings is 1. The maximum atomic E-state index is 11.9. The van der Waals surface area contributed by atoms with Crippen molar-refractivity contribution in [1.82, 2.24) is 9.21 Å². The predicted molar refractivity (Wildman–Crippen MR) is 105 cm³/mol. The van der Waals surface area contributed by atoms with Gasteiger partial charge in [-0.3, -0.25) is 4.90 Å². The Morgan fingerprint density at radius 3 is 2.62 bits per heavy atom. The van der Waals surface area contributed by atoms with Crippen LogP contribution in [0.4, 0.5) is 0 Å². The quantitative estimate of drug-likeness (QED) is 0.671. The number of likely N-dealkylation sites (tertiary alicyclic amines) is 1. The van der Waals surface area contributed by atoms with Crippen molar-refractivity contribution in [1.29, 1.82) is 0 Å². The van der Waals surface area contributed by atoms with E-state index in [9.17, 15) is 8.42 Å². The molecule has 2 fully saturated rings. The van der Waals surface area contributed by atoms with Gasteiger partial charge in [0.15, 0.2) is 0 Å². The van der Waals surface area contributed by atoms with E-state index in [2.05, 4.69) is 4.90 Å². The number of hydrogen-bond donors (Lipinski definition) is 0. The lowest BCUT2D eigenvalue weighted by atomic mass is 9.82. The zero-order valence-corrected chi connectivity index (χ0v) is 17.2. The van der Waals surface area contributed by atoms with Crippen LogP contribution in [0.2, 0.25) is 5.02 Å². The topological polar surface area (TPSA) is 49.9 Å². The van der Waals surface area contributed by atoms with Crippen molar-refractivity contribution in [3.63, 3.8) is 0 Å². The molecule has 3 rings (SSSR count). The molecule has 5 nitrogen and oxygen atoms in total. The van der Waals surface area contributed by atoms with E-state index in [1.807, 2.05) is 18.2 Å². The van der Waals surface area contributed by atoms with Crippen LogP contribution < -0.4 is 4.74 Å². The Hall–Kier alpha value is -0.820. The van der Waals surface area contributed by atoms with Gasteiger partial charge in [0.1, 0.15) is 5.75 Å². The zero-order valence-electron chi connectivity index (χ0n) is 15.7. The Balaban J connectivity index is 1.55. The standard InChI is InChI=1S/C19H29ClN2O3S/c1-3-26(23,24)21(2)13-15-11-16(12-15)25-19-8-6-7-18(20)17(19)14-22-9-4-5-10-22/h6-8,15-16H,3-5,9-14H2,1-2H3. The van der Waals surface area contributed by atoms with Crippen LogP contribution in [0.1, 0.15) is 38.2 Å². The molecular weight excluding hydrogens is 372 g/mol. The Bertz CT molecular complexity index is 713. The summed E-state index contributed by atoms with van der Waals surface area (Å²) >= 11 is 6.44. The molecule has 0 unspecified atom stereocenters. The lowest BCUT2D eigenvalue weighted by Crippen LogP contribution is -2.42. The van der Waals surface area contributed by atoms with Crippen LogP contribution in [0.25, 0.3) is 0 Å². The van der Waals surface area contributed by atoms with E-state index in [4.69, 9.17) is 16.3 Å². The molecular formula is C19H29ClN2O3S. The molecule has 1 saturated heterocycles. The largest absolute Gasteiger partial charge is 0.490 e. The van der Waals surface area contributed by atoms with Crippen molar-refractivity contribution in [2.45, 2.75) is 45.3 Å². The van der Waals surface area contributed by atoms with Crippen LogP contribution >= 0.6 is 11.6 Å². The third-order valence-corrected chi connectivity index (χ3v) is 7.68. The fourth-order valence-corrected chi connectivity index (χ4v) is 4.87. The molecule has 0 bridgehead atoms. The Labute approximate surface area is 162 Å². The molecule has 1 heterocycles. The van der Waals surface area contributed by atoms with Crippen molar-refractivity contribution >= 4 is 21.6 Å². The van der Waals surface area contributed by atoms with Gasteiger partial charge >= 0.3 is 0 Å². The highest BCUT2D eigenvalue weighted by Gasteiger charge is 2.34. The van der Waals surface area contributed by atoms with Crippen molar-refractivity contribution in [3.8, 4) is 5.75 Å². The molecule has 1 aromatic carbocycles. The van der Waals surface area contributed by atoms with Gasteiger partial charge in [0.2, 0.25) is 10.0 Å². The summed E-state index contributed by atoms with van der Waals surface area (Å²) in [5, 5.41) is 0.763. The van der Waals surface area contributed by atoms with Crippen LogP contribution in [0.15, 0.2) is 18.2 Å². The summed E-state index contributed by atoms with van der Waals surface area (Å²) in [5.41, 5.74) is 1.07. The highest BCUT2D eigenvalue weighted by Crippen LogP contribution is 2.36. The molecule has 0 spiro atoms. The van der Waals surface area contributed by atoms with Crippen LogP contribution in [0, 0.1) is 5.92 Å². The summed E-state index contributed by atoms with van der Waals surface area (Å²) in [6.07, 6.45) is 4.42. The van der Waals surface area contributed by atoms with E-state index < -0.39 is 10.0 Å². The van der Waals surface area contributed by atoms with Gasteiger partial charge in [-0.2, -0.15) is 0 Å². The van der Waals surface area contributed by atoms with E-state index >= 15 is 0 Å². The fourth-order valence-electron chi connectivity index (χ4n) is 3.76. The van der Waals surface area contributed by atoms with E-state index in [-0.39, 0.29) is 11.9 Å². The Kier molecular flexibility index (Phi) is 6.49. The van der Waals surface area contributed by atoms with Crippen LogP contribution in [-0.2, 0) is 16.6 Å². The second-order valence-corrected chi connectivity index (χ2v) is 10.2. The zero-order chi connectivity index (χ0) is 18.7. The molecule has 0 atom stereocenters. The molecule has 2 aliphatic rings. The van der Waals surface area contributed by atoms with Gasteiger partial charge in [-0.15, -0.1) is 0 Å². The van der Waals surface area contributed by atoms with Crippen molar-refractivity contribution in [3.05, 3.63) is 28.8 Å². The molecule has 146 valence electrons. The first kappa shape index (κ1) is 19.9. The normalized spacial score (nSPS) is 24.0. The molecule has 1 saturated carbocycles. The van der Waals surface area contributed by atoms with Gasteiger partial charge in [0.05, 0.1) is 11.9 Å². The Morgan fingerprint density at radius 2 is 1.96 bits per heavy atom. The minimum absolute atomic E-state index is 0.147. The molecule has 1 aromatic rings. The first-order valence-electron chi connectivity index (χ1n) is 9.49. The van der Waals surface area contributed by atoms with Crippen molar-refractivity contribution in [2.75, 3.05) is 32.4 Å². The number of sulfonamides is 1. The average Bonchev–Trinajstić information content (AvgIpc) is 3.08. The van der Waals surface area contributed by atoms with E-state index in [0.717, 1.165) is 48.8 Å². The lowest BCUT2D eigenvalue weighted by Gasteiger charge is -2.37.